The molecule has 0 N–H and O–H groups in total. The largest absolute Gasteiger partial charge is 0.265 e. The van der Waals surface area contributed by atoms with Crippen LogP contribution in [-0.2, 0) is 10.0 Å². The van der Waals surface area contributed by atoms with Gasteiger partial charge in [-0.15, -0.1) is 6.42 Å². The van der Waals surface area contributed by atoms with Crippen molar-refractivity contribution >= 4 is 15.7 Å². The third kappa shape index (κ3) is 4.92. The average Bonchev–Trinajstić information content (AvgIpc) is 2.76. The first-order chi connectivity index (χ1) is 14.5. The number of hydrogen-bond donors (Lipinski definition) is 0. The highest BCUT2D eigenvalue weighted by Gasteiger charge is 2.25. The molecule has 0 bridgehead atoms. The summed E-state index contributed by atoms with van der Waals surface area (Å²) in [5.41, 5.74) is 2.78. The standard InChI is InChI=1S/C26H19NO2S/c1-3-21-27(30(28,29)25-19-17-22(2)18-20-25)26-16-10-9-15-24(26)14-8-7-13-23-11-5-4-6-12-23/h1,4-6,9-12,15-20H,21H2,2H3. The van der Waals surface area contributed by atoms with Crippen molar-refractivity contribution < 1.29 is 8.42 Å². The average molecular weight is 410 g/mol. The van der Waals surface area contributed by atoms with Crippen LogP contribution in [0.25, 0.3) is 0 Å². The van der Waals surface area contributed by atoms with E-state index in [2.05, 4.69) is 29.6 Å². The van der Waals surface area contributed by atoms with E-state index in [4.69, 9.17) is 6.42 Å². The molecule has 0 fully saturated rings. The molecule has 0 aromatic heterocycles. The minimum Gasteiger partial charge on any atom is -0.253 e. The van der Waals surface area contributed by atoms with Gasteiger partial charge in [0.2, 0.25) is 0 Å². The van der Waals surface area contributed by atoms with Crippen LogP contribution in [0.3, 0.4) is 0 Å². The maximum absolute atomic E-state index is 13.3. The van der Waals surface area contributed by atoms with Crippen LogP contribution in [0.15, 0.2) is 83.8 Å². The number of nitrogens with zero attached hydrogens (tertiary/aromatic N) is 1. The van der Waals surface area contributed by atoms with Crippen LogP contribution in [0.1, 0.15) is 16.7 Å². The molecule has 0 amide bonds. The number of para-hydroxylation sites is 1. The Morgan fingerprint density at radius 3 is 2.17 bits per heavy atom. The molecule has 30 heavy (non-hydrogen) atoms. The molecule has 4 heteroatoms. The number of anilines is 1. The van der Waals surface area contributed by atoms with Crippen molar-refractivity contribution in [2.24, 2.45) is 0 Å². The molecular weight excluding hydrogens is 390 g/mol. The van der Waals surface area contributed by atoms with Crippen LogP contribution in [0.2, 0.25) is 0 Å². The molecule has 0 aliphatic carbocycles. The van der Waals surface area contributed by atoms with Gasteiger partial charge in [-0.25, -0.2) is 8.42 Å². The maximum atomic E-state index is 13.3. The molecule has 0 aliphatic rings. The van der Waals surface area contributed by atoms with Crippen LogP contribution in [-0.4, -0.2) is 15.0 Å². The monoisotopic (exact) mass is 409 g/mol. The number of terminal acetylenes is 1. The Morgan fingerprint density at radius 1 is 0.833 bits per heavy atom. The minimum absolute atomic E-state index is 0.107. The van der Waals surface area contributed by atoms with Gasteiger partial charge in [-0.3, -0.25) is 4.31 Å². The minimum atomic E-state index is -3.84. The summed E-state index contributed by atoms with van der Waals surface area (Å²) in [5.74, 6) is 14.0. The van der Waals surface area contributed by atoms with Crippen molar-refractivity contribution in [2.45, 2.75) is 11.8 Å². The molecule has 3 aromatic carbocycles. The van der Waals surface area contributed by atoms with Crippen LogP contribution < -0.4 is 4.31 Å². The topological polar surface area (TPSA) is 37.4 Å². The van der Waals surface area contributed by atoms with E-state index in [1.54, 1.807) is 48.5 Å². The lowest BCUT2D eigenvalue weighted by atomic mass is 10.2. The van der Waals surface area contributed by atoms with Gasteiger partial charge in [0.05, 0.1) is 17.1 Å². The van der Waals surface area contributed by atoms with Gasteiger partial charge in [0.25, 0.3) is 10.0 Å². The fourth-order valence-electron chi connectivity index (χ4n) is 2.74. The van der Waals surface area contributed by atoms with Gasteiger partial charge in [-0.05, 0) is 55.2 Å². The van der Waals surface area contributed by atoms with Gasteiger partial charge in [0.1, 0.15) is 0 Å². The maximum Gasteiger partial charge on any atom is 0.265 e. The number of hydrogen-bond acceptors (Lipinski definition) is 2. The lowest BCUT2D eigenvalue weighted by molar-refractivity contribution is 0.593. The molecule has 3 rings (SSSR count). The zero-order chi connectivity index (χ0) is 21.4. The summed E-state index contributed by atoms with van der Waals surface area (Å²) >= 11 is 0. The van der Waals surface area contributed by atoms with Crippen LogP contribution in [0, 0.1) is 42.9 Å². The zero-order valence-corrected chi connectivity index (χ0v) is 17.3. The molecule has 146 valence electrons. The summed E-state index contributed by atoms with van der Waals surface area (Å²) in [7, 11) is -3.84. The SMILES string of the molecule is C#CCN(c1ccccc1C#CC#Cc1ccccc1)S(=O)(=O)c1ccc(C)cc1. The Kier molecular flexibility index (Phi) is 6.61. The second-order valence-corrected chi connectivity index (χ2v) is 8.27. The second-order valence-electron chi connectivity index (χ2n) is 6.41. The molecule has 0 unspecified atom stereocenters. The van der Waals surface area contributed by atoms with E-state index in [1.165, 1.54) is 4.31 Å². The van der Waals surface area contributed by atoms with E-state index in [1.807, 2.05) is 37.3 Å². The number of benzene rings is 3. The Balaban J connectivity index is 2.00. The smallest absolute Gasteiger partial charge is 0.253 e. The second kappa shape index (κ2) is 9.53. The third-order valence-corrected chi connectivity index (χ3v) is 6.03. The number of sulfonamides is 1. The van der Waals surface area contributed by atoms with Crippen molar-refractivity contribution in [1.29, 1.82) is 0 Å². The van der Waals surface area contributed by atoms with Crippen molar-refractivity contribution in [3.05, 3.63) is 95.6 Å². The third-order valence-electron chi connectivity index (χ3n) is 4.26. The van der Waals surface area contributed by atoms with Crippen LogP contribution in [0.4, 0.5) is 5.69 Å². The van der Waals surface area contributed by atoms with E-state index in [0.29, 0.717) is 11.3 Å². The fraction of sp³-hybridized carbons (Fsp3) is 0.0769. The number of rotatable bonds is 4. The van der Waals surface area contributed by atoms with Gasteiger partial charge in [-0.2, -0.15) is 0 Å². The van der Waals surface area contributed by atoms with Crippen molar-refractivity contribution in [3.8, 4) is 36.0 Å². The van der Waals surface area contributed by atoms with Crippen molar-refractivity contribution in [1.82, 2.24) is 0 Å². The van der Waals surface area contributed by atoms with Gasteiger partial charge in [0.15, 0.2) is 0 Å². The molecule has 3 nitrogen and oxygen atoms in total. The van der Waals surface area contributed by atoms with Gasteiger partial charge >= 0.3 is 0 Å². The summed E-state index contributed by atoms with van der Waals surface area (Å²) in [6.07, 6.45) is 5.49. The highest BCUT2D eigenvalue weighted by atomic mass is 32.2. The highest BCUT2D eigenvalue weighted by molar-refractivity contribution is 7.92. The summed E-state index contributed by atoms with van der Waals surface area (Å²) in [4.78, 5) is 0.176. The molecule has 0 saturated heterocycles. The predicted octanol–water partition coefficient (Wildman–Crippen LogP) is 4.23. The van der Waals surface area contributed by atoms with E-state index in [-0.39, 0.29) is 11.4 Å². The van der Waals surface area contributed by atoms with E-state index in [0.717, 1.165) is 11.1 Å². The van der Waals surface area contributed by atoms with Gasteiger partial charge in [0, 0.05) is 11.1 Å². The molecule has 0 spiro atoms. The van der Waals surface area contributed by atoms with Crippen LogP contribution in [0.5, 0.6) is 0 Å². The first kappa shape index (κ1) is 20.8. The molecular formula is C26H19NO2S. The quantitative estimate of drug-likeness (QED) is 0.605. The fourth-order valence-corrected chi connectivity index (χ4v) is 4.14. The van der Waals surface area contributed by atoms with Crippen molar-refractivity contribution in [3.63, 3.8) is 0 Å². The highest BCUT2D eigenvalue weighted by Crippen LogP contribution is 2.26. The Labute approximate surface area is 178 Å². The normalized spacial score (nSPS) is 10.0. The lowest BCUT2D eigenvalue weighted by Crippen LogP contribution is -2.32. The Bertz CT molecular complexity index is 1290. The summed E-state index contributed by atoms with van der Waals surface area (Å²) in [5, 5.41) is 0. The molecule has 0 atom stereocenters. The summed E-state index contributed by atoms with van der Waals surface area (Å²) in [6, 6.07) is 23.2. The van der Waals surface area contributed by atoms with Gasteiger partial charge in [-0.1, -0.05) is 65.8 Å². The summed E-state index contributed by atoms with van der Waals surface area (Å²) in [6.45, 7) is 1.79. The van der Waals surface area contributed by atoms with Gasteiger partial charge < -0.3 is 0 Å². The molecule has 0 radical (unpaired) electrons. The molecule has 0 aliphatic heterocycles. The molecule has 0 heterocycles. The Hall–Kier alpha value is -3.91. The van der Waals surface area contributed by atoms with E-state index >= 15 is 0 Å². The molecule has 3 aromatic rings. The zero-order valence-electron chi connectivity index (χ0n) is 16.5. The molecule has 0 saturated carbocycles. The Morgan fingerprint density at radius 2 is 1.47 bits per heavy atom. The van der Waals surface area contributed by atoms with Crippen molar-refractivity contribution in [2.75, 3.05) is 10.8 Å². The number of aryl methyl sites for hydroxylation is 1. The van der Waals surface area contributed by atoms with Crippen LogP contribution >= 0.6 is 0 Å². The van der Waals surface area contributed by atoms with E-state index < -0.39 is 10.0 Å². The first-order valence-electron chi connectivity index (χ1n) is 9.21. The van der Waals surface area contributed by atoms with E-state index in [9.17, 15) is 8.42 Å². The predicted molar refractivity (Wildman–Crippen MR) is 121 cm³/mol. The first-order valence-corrected chi connectivity index (χ1v) is 10.7. The summed E-state index contributed by atoms with van der Waals surface area (Å²) < 4.78 is 27.7. The lowest BCUT2D eigenvalue weighted by Gasteiger charge is -2.23.